The zero-order valence-corrected chi connectivity index (χ0v) is 7.87. The maximum Gasteiger partial charge on any atom is 0.312 e. The molecule has 0 saturated carbocycles. The molecule has 0 spiro atoms. The molecular weight excluding hydrogens is 185 g/mol. The van der Waals surface area contributed by atoms with Crippen LogP contribution in [0.2, 0.25) is 0 Å². The van der Waals surface area contributed by atoms with Crippen molar-refractivity contribution in [1.29, 1.82) is 0 Å². The van der Waals surface area contributed by atoms with E-state index in [9.17, 15) is 4.39 Å². The number of aromatic nitrogens is 4. The van der Waals surface area contributed by atoms with E-state index in [0.717, 1.165) is 0 Å². The lowest BCUT2D eigenvalue weighted by Gasteiger charge is -2.08. The van der Waals surface area contributed by atoms with Gasteiger partial charge < -0.3 is 10.3 Å². The van der Waals surface area contributed by atoms with Crippen LogP contribution in [-0.2, 0) is 0 Å². The van der Waals surface area contributed by atoms with Gasteiger partial charge in [-0.3, -0.25) is 0 Å². The van der Waals surface area contributed by atoms with Crippen LogP contribution in [0.25, 0.3) is 11.2 Å². The van der Waals surface area contributed by atoms with E-state index in [0.29, 0.717) is 17.0 Å². The van der Waals surface area contributed by atoms with Gasteiger partial charge in [0.1, 0.15) is 5.52 Å². The predicted octanol–water partition coefficient (Wildman–Crippen LogP) is 1.31. The highest BCUT2D eigenvalue weighted by molar-refractivity contribution is 5.82. The number of aromatic amines is 1. The quantitative estimate of drug-likeness (QED) is 0.709. The van der Waals surface area contributed by atoms with Gasteiger partial charge in [-0.25, -0.2) is 4.98 Å². The molecule has 0 radical (unpaired) electrons. The van der Waals surface area contributed by atoms with Crippen LogP contribution in [0.4, 0.5) is 10.2 Å². The van der Waals surface area contributed by atoms with Gasteiger partial charge in [0.2, 0.25) is 0 Å². The first kappa shape index (κ1) is 8.86. The summed E-state index contributed by atoms with van der Waals surface area (Å²) in [6.45, 7) is 3.89. The molecule has 2 N–H and O–H groups in total. The summed E-state index contributed by atoms with van der Waals surface area (Å²) in [6, 6.07) is 0.177. The van der Waals surface area contributed by atoms with E-state index in [-0.39, 0.29) is 6.04 Å². The van der Waals surface area contributed by atoms with E-state index in [1.54, 1.807) is 0 Å². The summed E-state index contributed by atoms with van der Waals surface area (Å²) < 4.78 is 12.9. The lowest BCUT2D eigenvalue weighted by atomic mass is 10.4. The molecule has 2 aromatic rings. The Hall–Kier alpha value is -1.72. The van der Waals surface area contributed by atoms with E-state index in [2.05, 4.69) is 25.3 Å². The van der Waals surface area contributed by atoms with E-state index in [4.69, 9.17) is 0 Å². The number of hydrogen-bond donors (Lipinski definition) is 2. The molecule has 0 bridgehead atoms. The first-order valence-electron chi connectivity index (χ1n) is 4.30. The number of halogens is 1. The van der Waals surface area contributed by atoms with Crippen LogP contribution in [0.1, 0.15) is 13.8 Å². The van der Waals surface area contributed by atoms with Crippen LogP contribution >= 0.6 is 0 Å². The molecule has 0 atom stereocenters. The van der Waals surface area contributed by atoms with Crippen LogP contribution in [0.5, 0.6) is 0 Å². The van der Waals surface area contributed by atoms with Gasteiger partial charge in [0, 0.05) is 6.04 Å². The van der Waals surface area contributed by atoms with Crippen LogP contribution in [-0.4, -0.2) is 26.0 Å². The Bertz CT molecular complexity index is 450. The Morgan fingerprint density at radius 2 is 2.21 bits per heavy atom. The SMILES string of the molecule is CC(C)Nc1nc(F)nc2nc[nH]c12. The van der Waals surface area contributed by atoms with Crippen molar-refractivity contribution < 1.29 is 4.39 Å². The second kappa shape index (κ2) is 3.21. The van der Waals surface area contributed by atoms with Crippen LogP contribution in [0.15, 0.2) is 6.33 Å². The van der Waals surface area contributed by atoms with Crippen molar-refractivity contribution in [1.82, 2.24) is 19.9 Å². The fourth-order valence-electron chi connectivity index (χ4n) is 1.18. The molecule has 74 valence electrons. The molecule has 2 rings (SSSR count). The van der Waals surface area contributed by atoms with Crippen LogP contribution in [0, 0.1) is 6.08 Å². The standard InChI is InChI=1S/C8H10FN5/c1-4(2)12-7-5-6(11-3-10-5)13-8(9)14-7/h3-4H,1-2H3,(H2,10,11,12,13,14). The highest BCUT2D eigenvalue weighted by Crippen LogP contribution is 2.16. The van der Waals surface area contributed by atoms with Gasteiger partial charge in [0.25, 0.3) is 0 Å². The number of rotatable bonds is 2. The van der Waals surface area contributed by atoms with Crippen molar-refractivity contribution in [2.24, 2.45) is 0 Å². The molecule has 14 heavy (non-hydrogen) atoms. The topological polar surface area (TPSA) is 66.5 Å². The minimum absolute atomic E-state index is 0.177. The number of fused-ring (bicyclic) bond motifs is 1. The Morgan fingerprint density at radius 3 is 2.93 bits per heavy atom. The third-order valence-corrected chi connectivity index (χ3v) is 1.68. The second-order valence-electron chi connectivity index (χ2n) is 3.24. The zero-order valence-electron chi connectivity index (χ0n) is 7.87. The molecular formula is C8H10FN5. The average Bonchev–Trinajstić information content (AvgIpc) is 2.50. The number of anilines is 1. The van der Waals surface area contributed by atoms with Gasteiger partial charge in [-0.2, -0.15) is 14.4 Å². The van der Waals surface area contributed by atoms with Gasteiger partial charge in [-0.15, -0.1) is 0 Å². The minimum Gasteiger partial charge on any atom is -0.366 e. The van der Waals surface area contributed by atoms with E-state index < -0.39 is 6.08 Å². The van der Waals surface area contributed by atoms with E-state index in [1.165, 1.54) is 6.33 Å². The summed E-state index contributed by atoms with van der Waals surface area (Å²) in [7, 11) is 0. The highest BCUT2D eigenvalue weighted by Gasteiger charge is 2.09. The van der Waals surface area contributed by atoms with Crippen molar-refractivity contribution >= 4 is 17.0 Å². The maximum atomic E-state index is 12.9. The Morgan fingerprint density at radius 1 is 1.43 bits per heavy atom. The molecule has 0 fully saturated rings. The molecule has 2 aromatic heterocycles. The first-order chi connectivity index (χ1) is 6.66. The zero-order chi connectivity index (χ0) is 10.1. The third kappa shape index (κ3) is 1.50. The molecule has 0 aromatic carbocycles. The number of imidazole rings is 1. The smallest absolute Gasteiger partial charge is 0.312 e. The molecule has 0 aliphatic heterocycles. The lowest BCUT2D eigenvalue weighted by Crippen LogP contribution is -2.12. The van der Waals surface area contributed by atoms with Gasteiger partial charge in [0.05, 0.1) is 6.33 Å². The fourth-order valence-corrected chi connectivity index (χ4v) is 1.18. The van der Waals surface area contributed by atoms with Crippen molar-refractivity contribution in [2.45, 2.75) is 19.9 Å². The Balaban J connectivity index is 2.55. The highest BCUT2D eigenvalue weighted by atomic mass is 19.1. The van der Waals surface area contributed by atoms with Gasteiger partial charge >= 0.3 is 6.08 Å². The predicted molar refractivity (Wildman–Crippen MR) is 50.4 cm³/mol. The maximum absolute atomic E-state index is 12.9. The van der Waals surface area contributed by atoms with Crippen molar-refractivity contribution in [3.8, 4) is 0 Å². The van der Waals surface area contributed by atoms with Gasteiger partial charge in [-0.1, -0.05) is 0 Å². The summed E-state index contributed by atoms with van der Waals surface area (Å²) in [4.78, 5) is 13.9. The number of H-pyrrole nitrogens is 1. The molecule has 0 aliphatic rings. The van der Waals surface area contributed by atoms with Crippen LogP contribution < -0.4 is 5.32 Å². The lowest BCUT2D eigenvalue weighted by molar-refractivity contribution is 0.544. The fraction of sp³-hybridized carbons (Fsp3) is 0.375. The molecule has 5 nitrogen and oxygen atoms in total. The molecule has 2 heterocycles. The first-order valence-corrected chi connectivity index (χ1v) is 4.30. The summed E-state index contributed by atoms with van der Waals surface area (Å²) in [5.74, 6) is 0.444. The average molecular weight is 195 g/mol. The second-order valence-corrected chi connectivity index (χ2v) is 3.24. The largest absolute Gasteiger partial charge is 0.366 e. The number of nitrogens with zero attached hydrogens (tertiary/aromatic N) is 3. The minimum atomic E-state index is -0.771. The summed E-state index contributed by atoms with van der Waals surface area (Å²) >= 11 is 0. The number of hydrogen-bond acceptors (Lipinski definition) is 4. The normalized spacial score (nSPS) is 11.1. The van der Waals surface area contributed by atoms with Gasteiger partial charge in [-0.05, 0) is 13.8 Å². The monoisotopic (exact) mass is 195 g/mol. The summed E-state index contributed by atoms with van der Waals surface area (Å²) in [5.41, 5.74) is 0.959. The molecule has 0 aliphatic carbocycles. The number of nitrogens with one attached hydrogen (secondary N) is 2. The van der Waals surface area contributed by atoms with Gasteiger partial charge in [0.15, 0.2) is 11.5 Å². The summed E-state index contributed by atoms with van der Waals surface area (Å²) in [6.07, 6.45) is 0.692. The van der Waals surface area contributed by atoms with Crippen molar-refractivity contribution in [3.63, 3.8) is 0 Å². The van der Waals surface area contributed by atoms with Crippen LogP contribution in [0.3, 0.4) is 0 Å². The van der Waals surface area contributed by atoms with Crippen molar-refractivity contribution in [3.05, 3.63) is 12.4 Å². The molecule has 0 amide bonds. The summed E-state index contributed by atoms with van der Waals surface area (Å²) in [5, 5.41) is 3.01. The molecule has 0 unspecified atom stereocenters. The molecule has 6 heteroatoms. The molecule has 0 saturated heterocycles. The van der Waals surface area contributed by atoms with E-state index in [1.807, 2.05) is 13.8 Å². The third-order valence-electron chi connectivity index (χ3n) is 1.68. The Labute approximate surface area is 79.8 Å². The van der Waals surface area contributed by atoms with Crippen molar-refractivity contribution in [2.75, 3.05) is 5.32 Å². The Kier molecular flexibility index (Phi) is 2.03. The van der Waals surface area contributed by atoms with E-state index >= 15 is 0 Å².